The van der Waals surface area contributed by atoms with Gasteiger partial charge in [-0.15, -0.1) is 0 Å². The average Bonchev–Trinajstić information content (AvgIpc) is 3.12. The molecule has 1 atom stereocenters. The molecule has 1 aromatic heterocycles. The molecule has 5 heteroatoms. The average molecular weight is 376 g/mol. The summed E-state index contributed by atoms with van der Waals surface area (Å²) in [4.78, 5) is 27.2. The summed E-state index contributed by atoms with van der Waals surface area (Å²) in [5, 5.41) is 3.97. The van der Waals surface area contributed by atoms with E-state index in [9.17, 15) is 9.59 Å². The zero-order valence-corrected chi connectivity index (χ0v) is 16.0. The standard InChI is InChI=1S/C23H24N2O3/c1-16-8-10-19(11-9-16)24-23(27)18-6-4-12-25(15-18)22(26)14-20-13-17-5-2-3-7-21(17)28-20/h2-3,5,7-11,13,18H,4,6,12,14-15H2,1H3,(H,24,27). The molecule has 0 bridgehead atoms. The highest BCUT2D eigenvalue weighted by molar-refractivity contribution is 5.93. The van der Waals surface area contributed by atoms with E-state index in [4.69, 9.17) is 4.42 Å². The number of nitrogens with zero attached hydrogens (tertiary/aromatic N) is 1. The lowest BCUT2D eigenvalue weighted by Gasteiger charge is -2.32. The molecular formula is C23H24N2O3. The second-order valence-electron chi connectivity index (χ2n) is 7.46. The van der Waals surface area contributed by atoms with Crippen LogP contribution >= 0.6 is 0 Å². The predicted octanol–water partition coefficient (Wildman–Crippen LogP) is 4.16. The number of hydrogen-bond acceptors (Lipinski definition) is 3. The van der Waals surface area contributed by atoms with Gasteiger partial charge < -0.3 is 14.6 Å². The van der Waals surface area contributed by atoms with Crippen LogP contribution in [-0.4, -0.2) is 29.8 Å². The lowest BCUT2D eigenvalue weighted by Crippen LogP contribution is -2.44. The summed E-state index contributed by atoms with van der Waals surface area (Å²) in [6.07, 6.45) is 1.85. The molecule has 0 aliphatic carbocycles. The molecular weight excluding hydrogens is 352 g/mol. The topological polar surface area (TPSA) is 62.6 Å². The fourth-order valence-electron chi connectivity index (χ4n) is 3.68. The molecule has 28 heavy (non-hydrogen) atoms. The van der Waals surface area contributed by atoms with Crippen LogP contribution in [0.5, 0.6) is 0 Å². The molecule has 1 aliphatic rings. The van der Waals surface area contributed by atoms with Gasteiger partial charge in [0.15, 0.2) is 0 Å². The van der Waals surface area contributed by atoms with Crippen LogP contribution in [-0.2, 0) is 16.0 Å². The molecule has 2 aromatic carbocycles. The van der Waals surface area contributed by atoms with Crippen LogP contribution < -0.4 is 5.32 Å². The minimum Gasteiger partial charge on any atom is -0.461 e. The number of furan rings is 1. The van der Waals surface area contributed by atoms with Gasteiger partial charge in [0.25, 0.3) is 0 Å². The summed E-state index contributed by atoms with van der Waals surface area (Å²) in [5.74, 6) is 0.462. The van der Waals surface area contributed by atoms with Crippen LogP contribution in [0.1, 0.15) is 24.2 Å². The molecule has 1 saturated heterocycles. The van der Waals surface area contributed by atoms with Crippen molar-refractivity contribution in [2.24, 2.45) is 5.92 Å². The maximum absolute atomic E-state index is 12.7. The summed E-state index contributed by atoms with van der Waals surface area (Å²) in [6, 6.07) is 17.4. The number of rotatable bonds is 4. The zero-order chi connectivity index (χ0) is 19.5. The van der Waals surface area contributed by atoms with E-state index in [-0.39, 0.29) is 24.2 Å². The maximum atomic E-state index is 12.7. The number of anilines is 1. The third-order valence-electron chi connectivity index (χ3n) is 5.27. The molecule has 1 fully saturated rings. The highest BCUT2D eigenvalue weighted by Crippen LogP contribution is 2.22. The fourth-order valence-corrected chi connectivity index (χ4v) is 3.68. The van der Waals surface area contributed by atoms with Gasteiger partial charge in [0, 0.05) is 24.2 Å². The van der Waals surface area contributed by atoms with E-state index in [0.29, 0.717) is 18.8 Å². The molecule has 4 rings (SSSR count). The molecule has 2 amide bonds. The van der Waals surface area contributed by atoms with Crippen LogP contribution in [0.3, 0.4) is 0 Å². The van der Waals surface area contributed by atoms with Crippen molar-refractivity contribution in [2.45, 2.75) is 26.2 Å². The Morgan fingerprint density at radius 3 is 2.71 bits per heavy atom. The Hall–Kier alpha value is -3.08. The van der Waals surface area contributed by atoms with E-state index < -0.39 is 0 Å². The number of para-hydroxylation sites is 1. The van der Waals surface area contributed by atoms with Crippen molar-refractivity contribution < 1.29 is 14.0 Å². The van der Waals surface area contributed by atoms with E-state index in [1.54, 1.807) is 4.90 Å². The van der Waals surface area contributed by atoms with Gasteiger partial charge in [0.2, 0.25) is 11.8 Å². The van der Waals surface area contributed by atoms with E-state index in [0.717, 1.165) is 35.1 Å². The quantitative estimate of drug-likeness (QED) is 0.744. The zero-order valence-electron chi connectivity index (χ0n) is 16.0. The van der Waals surface area contributed by atoms with E-state index in [2.05, 4.69) is 5.32 Å². The van der Waals surface area contributed by atoms with Gasteiger partial charge in [-0.2, -0.15) is 0 Å². The summed E-state index contributed by atoms with van der Waals surface area (Å²) in [6.45, 7) is 3.16. The number of amides is 2. The van der Waals surface area contributed by atoms with E-state index in [1.165, 1.54) is 0 Å². The Kier molecular flexibility index (Phi) is 5.15. The van der Waals surface area contributed by atoms with Crippen LogP contribution in [0.2, 0.25) is 0 Å². The molecule has 0 radical (unpaired) electrons. The molecule has 2 heterocycles. The van der Waals surface area contributed by atoms with Crippen molar-refractivity contribution >= 4 is 28.5 Å². The van der Waals surface area contributed by atoms with Crippen LogP contribution in [0.25, 0.3) is 11.0 Å². The van der Waals surface area contributed by atoms with Crippen molar-refractivity contribution in [3.05, 3.63) is 65.9 Å². The van der Waals surface area contributed by atoms with Gasteiger partial charge >= 0.3 is 0 Å². The Labute approximate surface area is 164 Å². The lowest BCUT2D eigenvalue weighted by molar-refractivity contribution is -0.134. The molecule has 1 aliphatic heterocycles. The minimum absolute atomic E-state index is 0.00638. The number of benzene rings is 2. The molecule has 5 nitrogen and oxygen atoms in total. The Morgan fingerprint density at radius 1 is 1.14 bits per heavy atom. The number of fused-ring (bicyclic) bond motifs is 1. The fraction of sp³-hybridized carbons (Fsp3) is 0.304. The van der Waals surface area contributed by atoms with Crippen LogP contribution in [0.4, 0.5) is 5.69 Å². The number of carbonyl (C=O) groups excluding carboxylic acids is 2. The first-order valence-corrected chi connectivity index (χ1v) is 9.71. The van der Waals surface area contributed by atoms with E-state index in [1.807, 2.05) is 61.5 Å². The summed E-state index contributed by atoms with van der Waals surface area (Å²) < 4.78 is 5.77. The summed E-state index contributed by atoms with van der Waals surface area (Å²) in [5.41, 5.74) is 2.73. The molecule has 3 aromatic rings. The van der Waals surface area contributed by atoms with Gasteiger partial charge in [0.1, 0.15) is 11.3 Å². The summed E-state index contributed by atoms with van der Waals surface area (Å²) in [7, 11) is 0. The van der Waals surface area contributed by atoms with E-state index >= 15 is 0 Å². The number of hydrogen-bond donors (Lipinski definition) is 1. The van der Waals surface area contributed by atoms with Gasteiger partial charge in [-0.1, -0.05) is 35.9 Å². The SMILES string of the molecule is Cc1ccc(NC(=O)C2CCCN(C(=O)Cc3cc4ccccc4o3)C2)cc1. The van der Waals surface area contributed by atoms with Gasteiger partial charge in [-0.05, 0) is 44.0 Å². The van der Waals surface area contributed by atoms with Crippen molar-refractivity contribution in [2.75, 3.05) is 18.4 Å². The highest BCUT2D eigenvalue weighted by Gasteiger charge is 2.28. The highest BCUT2D eigenvalue weighted by atomic mass is 16.3. The Bertz CT molecular complexity index is 958. The second kappa shape index (κ2) is 7.89. The monoisotopic (exact) mass is 376 g/mol. The molecule has 144 valence electrons. The van der Waals surface area contributed by atoms with Crippen LogP contribution in [0, 0.1) is 12.8 Å². The second-order valence-corrected chi connectivity index (χ2v) is 7.46. The van der Waals surface area contributed by atoms with Gasteiger partial charge in [-0.25, -0.2) is 0 Å². The number of likely N-dealkylation sites (tertiary alicyclic amines) is 1. The van der Waals surface area contributed by atoms with Crippen molar-refractivity contribution in [1.82, 2.24) is 4.90 Å². The Balaban J connectivity index is 1.37. The lowest BCUT2D eigenvalue weighted by atomic mass is 9.96. The Morgan fingerprint density at radius 2 is 1.93 bits per heavy atom. The third kappa shape index (κ3) is 4.09. The van der Waals surface area contributed by atoms with Gasteiger partial charge in [0.05, 0.1) is 12.3 Å². The maximum Gasteiger partial charge on any atom is 0.230 e. The number of piperidine rings is 1. The minimum atomic E-state index is -0.185. The van der Waals surface area contributed by atoms with Crippen molar-refractivity contribution in [3.63, 3.8) is 0 Å². The largest absolute Gasteiger partial charge is 0.461 e. The number of nitrogens with one attached hydrogen (secondary N) is 1. The molecule has 0 saturated carbocycles. The first-order valence-electron chi connectivity index (χ1n) is 9.71. The predicted molar refractivity (Wildman–Crippen MR) is 109 cm³/mol. The van der Waals surface area contributed by atoms with Crippen LogP contribution in [0.15, 0.2) is 59.0 Å². The van der Waals surface area contributed by atoms with Crippen molar-refractivity contribution in [3.8, 4) is 0 Å². The first-order chi connectivity index (χ1) is 13.6. The number of carbonyl (C=O) groups is 2. The third-order valence-corrected chi connectivity index (χ3v) is 5.27. The molecule has 1 unspecified atom stereocenters. The summed E-state index contributed by atoms with van der Waals surface area (Å²) >= 11 is 0. The molecule has 1 N–H and O–H groups in total. The van der Waals surface area contributed by atoms with Crippen molar-refractivity contribution in [1.29, 1.82) is 0 Å². The van der Waals surface area contributed by atoms with Gasteiger partial charge in [-0.3, -0.25) is 9.59 Å². The smallest absolute Gasteiger partial charge is 0.230 e. The normalized spacial score (nSPS) is 16.9. The number of aryl methyl sites for hydroxylation is 1. The first kappa shape index (κ1) is 18.3. The molecule has 0 spiro atoms.